The molecule has 0 fully saturated rings. The molecule has 1 aromatic heterocycles. The molecule has 0 spiro atoms. The van der Waals surface area contributed by atoms with Gasteiger partial charge in [-0.1, -0.05) is 308 Å². The van der Waals surface area contributed by atoms with Gasteiger partial charge in [0, 0.05) is 112 Å². The molecule has 2 radical (unpaired) electrons. The van der Waals surface area contributed by atoms with Crippen molar-refractivity contribution in [1.82, 2.24) is 0 Å². The van der Waals surface area contributed by atoms with E-state index in [1.54, 1.807) is 6.26 Å². The van der Waals surface area contributed by atoms with Crippen LogP contribution in [0.4, 0.5) is 51.2 Å². The van der Waals surface area contributed by atoms with Crippen molar-refractivity contribution in [1.29, 1.82) is 0 Å². The van der Waals surface area contributed by atoms with Crippen LogP contribution in [0.1, 0.15) is 34.9 Å². The minimum Gasteiger partial charge on any atom is -0.469 e. The van der Waals surface area contributed by atoms with Gasteiger partial charge in [-0.25, -0.2) is 0 Å². The largest absolute Gasteiger partial charge is 0.469 e. The van der Waals surface area contributed by atoms with Crippen LogP contribution in [0.25, 0.3) is 98.4 Å². The Labute approximate surface area is 690 Å². The summed E-state index contributed by atoms with van der Waals surface area (Å²) in [4.78, 5) is 0. The fraction of sp³-hybridized carbons (Fsp3) is 0.0722. The van der Waals surface area contributed by atoms with E-state index in [2.05, 4.69) is 368 Å². The van der Waals surface area contributed by atoms with E-state index < -0.39 is 16.2 Å². The van der Waals surface area contributed by atoms with E-state index in [1.807, 2.05) is 43.4 Å². The quantitative estimate of drug-likeness (QED) is 0.136. The van der Waals surface area contributed by atoms with Crippen molar-refractivity contribution in [3.8, 4) is 44.5 Å². The van der Waals surface area contributed by atoms with E-state index >= 15 is 9.13 Å². The summed E-state index contributed by atoms with van der Waals surface area (Å²) in [7, 11) is -3.19. The van der Waals surface area contributed by atoms with Gasteiger partial charge < -0.3 is 9.73 Å². The first-order chi connectivity index (χ1) is 52.5. The number of anilines is 9. The average Bonchev–Trinajstić information content (AvgIpc) is 1.58. The van der Waals surface area contributed by atoms with Crippen molar-refractivity contribution in [2.45, 2.75) is 41.0 Å². The molecule has 109 heavy (non-hydrogen) atoms. The molecule has 12 heteroatoms. The molecule has 17 aromatic rings. The maximum absolute atomic E-state index is 15.1. The van der Waals surface area contributed by atoms with E-state index in [-0.39, 0.29) is 65.4 Å². The fourth-order valence-electron chi connectivity index (χ4n) is 15.1. The standard InChI is InChI=1S/2C40H31N2OP.C11H11N.C6H8O.2Y/c2*1-27-19-23-29(24-20-27)33-13-5-9-31-11-7-17-37(39(31)33)41-35-15-3-4-16-36(35)42(44(41)43)38-18-8-12-32-10-6-14-34(40(32)38)30-25-21-28(2)22-26-30;1-12-11-8-4-6-9-5-2-3-7-10(9)11;1-2-6-4-3-5-7-6;;/h2*3-26,44H,1-2H3;2-8,12H,1H3;3-5H,2H2,1H3;;. The third kappa shape index (κ3) is 15.1. The molecule has 2 aliphatic heterocycles. The summed E-state index contributed by atoms with van der Waals surface area (Å²) in [6.45, 7) is 10.5. The van der Waals surface area contributed by atoms with Crippen LogP contribution in [0.2, 0.25) is 0 Å². The van der Waals surface area contributed by atoms with Gasteiger partial charge in [0.2, 0.25) is 0 Å². The number of hydrogen-bond acceptors (Lipinski definition) is 4. The van der Waals surface area contributed by atoms with Gasteiger partial charge in [-0.3, -0.25) is 27.8 Å². The summed E-state index contributed by atoms with van der Waals surface area (Å²) >= 11 is 0. The predicted octanol–water partition coefficient (Wildman–Crippen LogP) is 28.0. The van der Waals surface area contributed by atoms with Crippen LogP contribution in [-0.4, -0.2) is 7.05 Å². The van der Waals surface area contributed by atoms with Crippen LogP contribution in [0, 0.1) is 27.7 Å². The molecule has 2 aliphatic rings. The third-order valence-electron chi connectivity index (χ3n) is 20.4. The van der Waals surface area contributed by atoms with Gasteiger partial charge in [0.05, 0.1) is 51.8 Å². The van der Waals surface area contributed by atoms with E-state index in [9.17, 15) is 0 Å². The number of aryl methyl sites for hydroxylation is 5. The minimum absolute atomic E-state index is 0. The number of fused-ring (bicyclic) bond motifs is 7. The summed E-state index contributed by atoms with van der Waals surface area (Å²) in [5.41, 5.74) is 22.8. The van der Waals surface area contributed by atoms with Crippen LogP contribution in [0.5, 0.6) is 0 Å². The van der Waals surface area contributed by atoms with Gasteiger partial charge in [-0.2, -0.15) is 0 Å². The molecule has 0 saturated heterocycles. The number of benzene rings is 16. The molecule has 0 saturated carbocycles. The summed E-state index contributed by atoms with van der Waals surface area (Å²) < 4.78 is 43.4. The number of nitrogens with one attached hydrogen (secondary N) is 1. The Balaban J connectivity index is 0.000000144. The molecule has 0 atom stereocenters. The van der Waals surface area contributed by atoms with Crippen LogP contribution in [-0.2, 0) is 81.0 Å². The Morgan fingerprint density at radius 3 is 0.817 bits per heavy atom. The van der Waals surface area contributed by atoms with Crippen LogP contribution in [0.3, 0.4) is 0 Å². The summed E-state index contributed by atoms with van der Waals surface area (Å²) in [5.74, 6) is 1.06. The second-order valence-corrected chi connectivity index (χ2v) is 30.2. The van der Waals surface area contributed by atoms with Gasteiger partial charge in [-0.05, 0) is 166 Å². The topological polar surface area (TPSA) is 72.3 Å². The van der Waals surface area contributed by atoms with Crippen molar-refractivity contribution >= 4 is 121 Å². The summed E-state index contributed by atoms with van der Waals surface area (Å²) in [6, 6.07) is 121. The number of nitrogens with zero attached hydrogens (tertiary/aromatic N) is 4. The Kier molecular flexibility index (Phi) is 23.4. The number of hydrogen-bond donors (Lipinski definition) is 1. The first-order valence-electron chi connectivity index (χ1n) is 36.5. The SMILES string of the molecule is CCc1ccco1.CNc1cccc2ccccc12.Cc1ccc(-c2cccc3cccc(N4c5ccccc5N(c5cccc6cccc(-c7ccc(C)cc7)c56)[PH]4=O)c23)cc1.Cc1ccc(-c2cccc3cccc(N4c5ccccc5N(c5cccc6cccc(-c7ccc(C)cc7)c56)[PH]4=O)c23)cc1.[Y].[Y]. The smallest absolute Gasteiger partial charge is 0.260 e. The number of furan rings is 1. The van der Waals surface area contributed by atoms with Gasteiger partial charge in [-0.15, -0.1) is 0 Å². The molecule has 528 valence electrons. The van der Waals surface area contributed by atoms with Gasteiger partial charge in [0.25, 0.3) is 16.2 Å². The van der Waals surface area contributed by atoms with Crippen LogP contribution < -0.4 is 24.0 Å². The Hall–Kier alpha value is -10.2. The predicted molar refractivity (Wildman–Crippen MR) is 458 cm³/mol. The molecular formula is C97H81N5O3P2Y2. The Morgan fingerprint density at radius 1 is 0.284 bits per heavy atom. The summed E-state index contributed by atoms with van der Waals surface area (Å²) in [6.07, 6.45) is 2.69. The fourth-order valence-corrected chi connectivity index (χ4v) is 18.7. The third-order valence-corrected chi connectivity index (χ3v) is 23.9. The van der Waals surface area contributed by atoms with E-state index in [4.69, 9.17) is 4.42 Å². The second-order valence-electron chi connectivity index (χ2n) is 27.3. The Morgan fingerprint density at radius 2 is 0.541 bits per heavy atom. The van der Waals surface area contributed by atoms with Crippen LogP contribution >= 0.6 is 16.2 Å². The minimum atomic E-state index is -2.57. The monoisotopic (exact) mass is 1600 g/mol. The molecule has 0 amide bonds. The molecule has 3 heterocycles. The van der Waals surface area contributed by atoms with Crippen molar-refractivity contribution < 1.29 is 79.0 Å². The second kappa shape index (κ2) is 33.7. The first kappa shape index (κ1) is 75.6. The maximum atomic E-state index is 15.1. The van der Waals surface area contributed by atoms with Gasteiger partial charge >= 0.3 is 0 Å². The Bertz CT molecular complexity index is 5510. The van der Waals surface area contributed by atoms with Crippen LogP contribution in [0.15, 0.2) is 356 Å². The van der Waals surface area contributed by atoms with E-state index in [0.29, 0.717) is 0 Å². The number of para-hydroxylation sites is 4. The number of rotatable bonds is 10. The van der Waals surface area contributed by atoms with E-state index in [0.717, 1.165) is 145 Å². The summed E-state index contributed by atoms with van der Waals surface area (Å²) in [5, 5.41) is 14.6. The van der Waals surface area contributed by atoms with Crippen molar-refractivity contribution in [3.05, 3.63) is 380 Å². The molecule has 0 bridgehead atoms. The van der Waals surface area contributed by atoms with Gasteiger partial charge in [0.15, 0.2) is 0 Å². The molecule has 1 N–H and O–H groups in total. The zero-order valence-electron chi connectivity index (χ0n) is 61.9. The molecule has 0 unspecified atom stereocenters. The zero-order valence-corrected chi connectivity index (χ0v) is 69.5. The molecule has 19 rings (SSSR count). The first-order valence-corrected chi connectivity index (χ1v) is 39.1. The molecule has 16 aromatic carbocycles. The average molecular weight is 1600 g/mol. The van der Waals surface area contributed by atoms with Gasteiger partial charge in [0.1, 0.15) is 5.76 Å². The van der Waals surface area contributed by atoms with Crippen molar-refractivity contribution in [2.24, 2.45) is 0 Å². The molecule has 0 aliphatic carbocycles. The van der Waals surface area contributed by atoms with Crippen molar-refractivity contribution in [3.63, 3.8) is 0 Å². The van der Waals surface area contributed by atoms with E-state index in [1.165, 1.54) is 38.7 Å². The maximum Gasteiger partial charge on any atom is 0.260 e. The molecular weight excluding hydrogens is 1520 g/mol. The normalized spacial score (nSPS) is 12.3. The zero-order chi connectivity index (χ0) is 73.1. The molecule has 8 nitrogen and oxygen atoms in total. The van der Waals surface area contributed by atoms with Crippen molar-refractivity contribution in [2.75, 3.05) is 31.0 Å².